The van der Waals surface area contributed by atoms with Crippen LogP contribution in [-0.2, 0) is 23.5 Å². The number of thioether (sulfide) groups is 1. The number of thiophene rings is 1. The van der Waals surface area contributed by atoms with Crippen molar-refractivity contribution >= 4 is 39.2 Å². The Hall–Kier alpha value is -2.90. The highest BCUT2D eigenvalue weighted by atomic mass is 32.2. The first-order valence-corrected chi connectivity index (χ1v) is 13.6. The first kappa shape index (κ1) is 23.8. The fourth-order valence-corrected chi connectivity index (χ4v) is 7.37. The van der Waals surface area contributed by atoms with Gasteiger partial charge in [0.2, 0.25) is 5.91 Å². The summed E-state index contributed by atoms with van der Waals surface area (Å²) >= 11 is 3.16. The van der Waals surface area contributed by atoms with Crippen LogP contribution in [0, 0.1) is 27.7 Å². The highest BCUT2D eigenvalue weighted by Gasteiger charge is 2.26. The molecule has 5 rings (SSSR count). The van der Waals surface area contributed by atoms with Crippen molar-refractivity contribution < 1.29 is 4.79 Å². The van der Waals surface area contributed by atoms with Crippen molar-refractivity contribution in [3.8, 4) is 5.69 Å². The highest BCUT2D eigenvalue weighted by Crippen LogP contribution is 2.35. The van der Waals surface area contributed by atoms with Crippen molar-refractivity contribution in [3.05, 3.63) is 85.0 Å². The van der Waals surface area contributed by atoms with Crippen LogP contribution in [0.15, 0.2) is 46.3 Å². The maximum absolute atomic E-state index is 14.0. The molecule has 0 atom stereocenters. The van der Waals surface area contributed by atoms with Crippen LogP contribution in [0.3, 0.4) is 0 Å². The average Bonchev–Trinajstić information content (AvgIpc) is 3.17. The number of aromatic nitrogens is 2. The van der Waals surface area contributed by atoms with E-state index in [9.17, 15) is 9.59 Å². The summed E-state index contributed by atoms with van der Waals surface area (Å²) in [7, 11) is 0. The molecule has 2 aromatic heterocycles. The van der Waals surface area contributed by atoms with Crippen LogP contribution >= 0.6 is 23.1 Å². The van der Waals surface area contributed by atoms with Gasteiger partial charge in [-0.15, -0.1) is 11.3 Å². The van der Waals surface area contributed by atoms with E-state index in [1.165, 1.54) is 22.3 Å². The number of benzene rings is 2. The fourth-order valence-electron chi connectivity index (χ4n) is 4.89. The molecule has 0 saturated heterocycles. The monoisotopic (exact) mass is 503 g/mol. The molecule has 1 aliphatic heterocycles. The number of rotatable bonds is 4. The van der Waals surface area contributed by atoms with E-state index in [4.69, 9.17) is 4.98 Å². The number of aryl methyl sites for hydroxylation is 4. The lowest BCUT2D eigenvalue weighted by atomic mass is 10.0. The van der Waals surface area contributed by atoms with Crippen LogP contribution in [-0.4, -0.2) is 26.9 Å². The molecule has 0 bridgehead atoms. The Bertz CT molecular complexity index is 1490. The van der Waals surface area contributed by atoms with Crippen LogP contribution in [0.5, 0.6) is 0 Å². The van der Waals surface area contributed by atoms with Crippen molar-refractivity contribution in [2.24, 2.45) is 0 Å². The van der Waals surface area contributed by atoms with Gasteiger partial charge in [0.25, 0.3) is 5.56 Å². The molecule has 4 aromatic rings. The summed E-state index contributed by atoms with van der Waals surface area (Å²) in [4.78, 5) is 34.7. The largest absolute Gasteiger partial charge is 0.337 e. The van der Waals surface area contributed by atoms with E-state index >= 15 is 0 Å². The minimum absolute atomic E-state index is 0.0209. The molecule has 2 aromatic carbocycles. The Labute approximate surface area is 213 Å². The van der Waals surface area contributed by atoms with Gasteiger partial charge in [-0.05, 0) is 68.5 Å². The molecular formula is C28H29N3O2S2. The van der Waals surface area contributed by atoms with Crippen LogP contribution in [0.4, 0.5) is 0 Å². The molecule has 7 heteroatoms. The van der Waals surface area contributed by atoms with E-state index in [-0.39, 0.29) is 11.5 Å². The lowest BCUT2D eigenvalue weighted by Gasteiger charge is -2.25. The van der Waals surface area contributed by atoms with E-state index in [1.54, 1.807) is 34.6 Å². The SMILES string of the molecule is CC(=O)N1CCc2c(sc3nc(SCc4c(C)cc(C)cc4C)n(-c4ccc(C)cc4)c(=O)c23)C1. The molecule has 1 aliphatic rings. The van der Waals surface area contributed by atoms with Crippen LogP contribution in [0.1, 0.15) is 45.2 Å². The summed E-state index contributed by atoms with van der Waals surface area (Å²) in [6.45, 7) is 11.3. The molecule has 0 unspecified atom stereocenters. The average molecular weight is 504 g/mol. The molecule has 5 nitrogen and oxygen atoms in total. The van der Waals surface area contributed by atoms with Crippen molar-refractivity contribution in [1.82, 2.24) is 14.5 Å². The molecule has 35 heavy (non-hydrogen) atoms. The summed E-state index contributed by atoms with van der Waals surface area (Å²) in [5.74, 6) is 0.809. The van der Waals surface area contributed by atoms with E-state index in [2.05, 4.69) is 32.9 Å². The summed E-state index contributed by atoms with van der Waals surface area (Å²) in [6.07, 6.45) is 0.688. The normalized spacial score (nSPS) is 13.3. The number of carbonyl (C=O) groups excluding carboxylic acids is 1. The third-order valence-electron chi connectivity index (χ3n) is 6.77. The summed E-state index contributed by atoms with van der Waals surface area (Å²) in [6, 6.07) is 12.5. The Kier molecular flexibility index (Phi) is 6.32. The van der Waals surface area contributed by atoms with Gasteiger partial charge in [-0.3, -0.25) is 14.2 Å². The van der Waals surface area contributed by atoms with E-state index in [1.807, 2.05) is 36.1 Å². The standard InChI is InChI=1S/C28H29N3O2S2/c1-16-6-8-21(9-7-16)31-27(33)25-22-10-11-30(20(5)32)14-24(22)35-26(25)29-28(31)34-15-23-18(3)12-17(2)13-19(23)4/h6-9,12-13H,10-11,14-15H2,1-5H3. The maximum Gasteiger partial charge on any atom is 0.267 e. The van der Waals surface area contributed by atoms with Crippen LogP contribution in [0.25, 0.3) is 15.9 Å². The first-order valence-electron chi connectivity index (χ1n) is 11.8. The van der Waals surface area contributed by atoms with Gasteiger partial charge in [0.05, 0.1) is 17.6 Å². The smallest absolute Gasteiger partial charge is 0.267 e. The van der Waals surface area contributed by atoms with Crippen molar-refractivity contribution in [2.75, 3.05) is 6.54 Å². The molecule has 3 heterocycles. The molecule has 0 fully saturated rings. The predicted octanol–water partition coefficient (Wildman–Crippen LogP) is 5.88. The quantitative estimate of drug-likeness (QED) is 0.258. The summed E-state index contributed by atoms with van der Waals surface area (Å²) in [5, 5.41) is 1.41. The van der Waals surface area contributed by atoms with Crippen molar-refractivity contribution in [1.29, 1.82) is 0 Å². The topological polar surface area (TPSA) is 55.2 Å². The van der Waals surface area contributed by atoms with Crippen molar-refractivity contribution in [2.45, 2.75) is 58.5 Å². The third-order valence-corrected chi connectivity index (χ3v) is 8.84. The van der Waals surface area contributed by atoms with E-state index in [0.29, 0.717) is 30.1 Å². The Morgan fingerprint density at radius 3 is 2.40 bits per heavy atom. The van der Waals surface area contributed by atoms with E-state index < -0.39 is 0 Å². The van der Waals surface area contributed by atoms with Crippen LogP contribution < -0.4 is 5.56 Å². The number of amides is 1. The Balaban J connectivity index is 1.65. The summed E-state index contributed by atoms with van der Waals surface area (Å²) in [5.41, 5.74) is 8.08. The number of nitrogens with zero attached hydrogens (tertiary/aromatic N) is 3. The molecule has 0 spiro atoms. The van der Waals surface area contributed by atoms with Gasteiger partial charge in [0.1, 0.15) is 4.83 Å². The fraction of sp³-hybridized carbons (Fsp3) is 0.321. The van der Waals surface area contributed by atoms with Gasteiger partial charge < -0.3 is 4.90 Å². The molecule has 0 aliphatic carbocycles. The predicted molar refractivity (Wildman–Crippen MR) is 145 cm³/mol. The molecule has 0 saturated carbocycles. The molecule has 0 radical (unpaired) electrons. The minimum atomic E-state index is -0.0209. The van der Waals surface area contributed by atoms with Gasteiger partial charge in [0, 0.05) is 24.1 Å². The number of carbonyl (C=O) groups is 1. The van der Waals surface area contributed by atoms with Gasteiger partial charge in [-0.2, -0.15) is 0 Å². The second-order valence-electron chi connectivity index (χ2n) is 9.41. The highest BCUT2D eigenvalue weighted by molar-refractivity contribution is 7.98. The summed E-state index contributed by atoms with van der Waals surface area (Å²) < 4.78 is 1.77. The molecular weight excluding hydrogens is 474 g/mol. The number of hydrogen-bond acceptors (Lipinski definition) is 5. The van der Waals surface area contributed by atoms with Gasteiger partial charge in [-0.25, -0.2) is 4.98 Å². The van der Waals surface area contributed by atoms with Gasteiger partial charge >= 0.3 is 0 Å². The van der Waals surface area contributed by atoms with Gasteiger partial charge in [-0.1, -0.05) is 47.2 Å². The van der Waals surface area contributed by atoms with Gasteiger partial charge in [0.15, 0.2) is 5.16 Å². The molecule has 180 valence electrons. The number of fused-ring (bicyclic) bond motifs is 3. The van der Waals surface area contributed by atoms with E-state index in [0.717, 1.165) is 32.3 Å². The second kappa shape index (κ2) is 9.28. The zero-order chi connectivity index (χ0) is 24.9. The molecule has 1 amide bonds. The first-order chi connectivity index (χ1) is 16.7. The lowest BCUT2D eigenvalue weighted by Crippen LogP contribution is -2.34. The minimum Gasteiger partial charge on any atom is -0.337 e. The van der Waals surface area contributed by atoms with Crippen LogP contribution in [0.2, 0.25) is 0 Å². The third kappa shape index (κ3) is 4.43. The maximum atomic E-state index is 14.0. The second-order valence-corrected chi connectivity index (χ2v) is 11.4. The molecule has 0 N–H and O–H groups in total. The lowest BCUT2D eigenvalue weighted by molar-refractivity contribution is -0.129. The zero-order valence-corrected chi connectivity index (χ0v) is 22.4. The Morgan fingerprint density at radius 1 is 1.06 bits per heavy atom. The zero-order valence-electron chi connectivity index (χ0n) is 20.8. The Morgan fingerprint density at radius 2 is 1.74 bits per heavy atom. The number of hydrogen-bond donors (Lipinski definition) is 0. The van der Waals surface area contributed by atoms with Crippen molar-refractivity contribution in [3.63, 3.8) is 0 Å².